The summed E-state index contributed by atoms with van der Waals surface area (Å²) in [5, 5.41) is 16.6. The van der Waals surface area contributed by atoms with E-state index < -0.39 is 7.40 Å². The van der Waals surface area contributed by atoms with Gasteiger partial charge >= 0.3 is 0 Å². The first-order valence-electron chi connectivity index (χ1n) is 3.14. The Morgan fingerprint density at radius 3 is 0.833 bits per heavy atom. The molecule has 0 aromatic heterocycles. The summed E-state index contributed by atoms with van der Waals surface area (Å²) in [7, 11) is -1.89. The van der Waals surface area contributed by atoms with Crippen LogP contribution in [0.25, 0.3) is 0 Å². The minimum Gasteiger partial charge on any atom is -0.867 e. The van der Waals surface area contributed by atoms with Crippen LogP contribution in [0.4, 0.5) is 4.32 Å². The molecule has 0 N–H and O–H groups in total. The van der Waals surface area contributed by atoms with Crippen LogP contribution in [0.1, 0.15) is 0 Å². The van der Waals surface area contributed by atoms with Gasteiger partial charge in [-0.05, 0) is 21.8 Å². The molecule has 6 heteroatoms. The molecule has 0 spiro atoms. The van der Waals surface area contributed by atoms with Crippen molar-refractivity contribution in [1.29, 1.82) is 0 Å². The van der Waals surface area contributed by atoms with Crippen LogP contribution < -0.4 is 10.0 Å². The molecule has 0 amide bonds. The van der Waals surface area contributed by atoms with Gasteiger partial charge in [-0.3, -0.25) is 0 Å². The normalized spacial score (nSPS) is 8.25. The van der Waals surface area contributed by atoms with Crippen molar-refractivity contribution in [2.75, 3.05) is 37.5 Å². The number of hydrogen-bond acceptors (Lipinski definition) is 2. The van der Waals surface area contributed by atoms with E-state index in [2.05, 4.69) is 37.5 Å². The highest BCUT2D eigenvalue weighted by atomic mass is 32.2. The van der Waals surface area contributed by atoms with Gasteiger partial charge in [-0.15, -0.1) is 0 Å². The lowest BCUT2D eigenvalue weighted by Crippen LogP contribution is -2.39. The highest BCUT2D eigenvalue weighted by molar-refractivity contribution is 7.95. The van der Waals surface area contributed by atoms with Crippen molar-refractivity contribution in [3.63, 3.8) is 0 Å². The summed E-state index contributed by atoms with van der Waals surface area (Å²) in [6.45, 7) is 0. The SMILES string of the molecule is C[S+](C)C.C[S+](C)C.[O-]B([O-])F. The Morgan fingerprint density at radius 2 is 0.833 bits per heavy atom. The molecule has 0 aromatic rings. The number of halogens is 1. The molecule has 0 aliphatic rings. The van der Waals surface area contributed by atoms with Crippen LogP contribution in [-0.2, 0) is 21.8 Å². The predicted octanol–water partition coefficient (Wildman–Crippen LogP) is -1.35. The highest BCUT2D eigenvalue weighted by Crippen LogP contribution is 1.64. The molecule has 0 aliphatic carbocycles. The van der Waals surface area contributed by atoms with E-state index in [-0.39, 0.29) is 0 Å². The van der Waals surface area contributed by atoms with Crippen molar-refractivity contribution < 1.29 is 14.4 Å². The minimum atomic E-state index is -3.17. The maximum atomic E-state index is 9.89. The van der Waals surface area contributed by atoms with Crippen LogP contribution in [-0.4, -0.2) is 44.9 Å². The van der Waals surface area contributed by atoms with Crippen LogP contribution in [0.3, 0.4) is 0 Å². The molecule has 0 aromatic carbocycles. The van der Waals surface area contributed by atoms with Gasteiger partial charge in [0.05, 0.1) is 37.5 Å². The van der Waals surface area contributed by atoms with Crippen LogP contribution >= 0.6 is 0 Å². The molecule has 0 unspecified atom stereocenters. The fourth-order valence-corrected chi connectivity index (χ4v) is 0. The molecule has 0 aliphatic heterocycles. The Hall–Kier alpha value is 0.615. The molecule has 0 heterocycles. The lowest BCUT2D eigenvalue weighted by Gasteiger charge is -2.09. The van der Waals surface area contributed by atoms with E-state index in [0.717, 1.165) is 0 Å². The topological polar surface area (TPSA) is 46.1 Å². The maximum Gasteiger partial charge on any atom is 0.121 e. The van der Waals surface area contributed by atoms with Gasteiger partial charge in [0.1, 0.15) is 7.40 Å². The molecule has 0 rings (SSSR count). The van der Waals surface area contributed by atoms with Gasteiger partial charge < -0.3 is 14.4 Å². The number of hydrogen-bond donors (Lipinski definition) is 0. The molecule has 0 saturated heterocycles. The number of rotatable bonds is 0. The van der Waals surface area contributed by atoms with Crippen molar-refractivity contribution >= 4 is 29.2 Å². The van der Waals surface area contributed by atoms with Crippen LogP contribution in [0.15, 0.2) is 0 Å². The van der Waals surface area contributed by atoms with Gasteiger partial charge in [0.25, 0.3) is 0 Å². The van der Waals surface area contributed by atoms with Crippen LogP contribution in [0, 0.1) is 0 Å². The summed E-state index contributed by atoms with van der Waals surface area (Å²) < 4.78 is 9.89. The summed E-state index contributed by atoms with van der Waals surface area (Å²) >= 11 is 0. The van der Waals surface area contributed by atoms with Gasteiger partial charge in [-0.2, -0.15) is 0 Å². The summed E-state index contributed by atoms with van der Waals surface area (Å²) in [5.74, 6) is 0. The average molecular weight is 216 g/mol. The average Bonchev–Trinajstić information content (AvgIpc) is 1.54. The second kappa shape index (κ2) is 14.2. The Morgan fingerprint density at radius 1 is 0.833 bits per heavy atom. The zero-order chi connectivity index (χ0) is 10.7. The molecule has 2 nitrogen and oxygen atoms in total. The van der Waals surface area contributed by atoms with Crippen molar-refractivity contribution in [3.8, 4) is 0 Å². The van der Waals surface area contributed by atoms with Gasteiger partial charge in [-0.25, -0.2) is 0 Å². The Labute approximate surface area is 81.5 Å². The second-order valence-electron chi connectivity index (χ2n) is 2.72. The fraction of sp³-hybridized carbons (Fsp3) is 1.00. The van der Waals surface area contributed by atoms with E-state index in [1.165, 1.54) is 0 Å². The highest BCUT2D eigenvalue weighted by Gasteiger charge is 1.78. The molecule has 12 heavy (non-hydrogen) atoms. The summed E-state index contributed by atoms with van der Waals surface area (Å²) in [6.07, 6.45) is 13.2. The van der Waals surface area contributed by atoms with Gasteiger partial charge in [0.2, 0.25) is 0 Å². The molecule has 0 bridgehead atoms. The molecule has 0 saturated carbocycles. The van der Waals surface area contributed by atoms with Crippen molar-refractivity contribution in [1.82, 2.24) is 0 Å². The zero-order valence-electron chi connectivity index (χ0n) is 8.59. The Kier molecular flexibility index (Phi) is 21.7. The molecule has 0 atom stereocenters. The second-order valence-corrected chi connectivity index (χ2v) is 7.62. The lowest BCUT2D eigenvalue weighted by atomic mass is 10.3. The Bertz CT molecular complexity index is 52.0. The molecule has 0 radical (unpaired) electrons. The third kappa shape index (κ3) is 2600. The molecular formula is C6H18BFO2S2. The third-order valence-corrected chi connectivity index (χ3v) is 0. The van der Waals surface area contributed by atoms with Crippen LogP contribution in [0.5, 0.6) is 0 Å². The first kappa shape index (κ1) is 18.4. The van der Waals surface area contributed by atoms with E-state index in [1.807, 2.05) is 0 Å². The standard InChI is InChI=1S/2C3H9S.BFO2/c2*1-4(2)3;2-1(3)4/h2*1-3H3;/q2*+1;-2. The van der Waals surface area contributed by atoms with Gasteiger partial charge in [0, 0.05) is 0 Å². The van der Waals surface area contributed by atoms with E-state index in [9.17, 15) is 4.32 Å². The lowest BCUT2D eigenvalue weighted by molar-refractivity contribution is -0.366. The van der Waals surface area contributed by atoms with Crippen molar-refractivity contribution in [2.24, 2.45) is 0 Å². The van der Waals surface area contributed by atoms with E-state index in [1.54, 1.807) is 0 Å². The summed E-state index contributed by atoms with van der Waals surface area (Å²) in [5.41, 5.74) is 0. The van der Waals surface area contributed by atoms with Gasteiger partial charge in [-0.1, -0.05) is 0 Å². The Balaban J connectivity index is -0.000000101. The maximum absolute atomic E-state index is 9.89. The zero-order valence-corrected chi connectivity index (χ0v) is 10.2. The quantitative estimate of drug-likeness (QED) is 0.371. The van der Waals surface area contributed by atoms with E-state index in [0.29, 0.717) is 21.8 Å². The summed E-state index contributed by atoms with van der Waals surface area (Å²) in [4.78, 5) is 0. The monoisotopic (exact) mass is 216 g/mol. The minimum absolute atomic E-state index is 0.639. The van der Waals surface area contributed by atoms with Gasteiger partial charge in [0.15, 0.2) is 0 Å². The smallest absolute Gasteiger partial charge is 0.121 e. The van der Waals surface area contributed by atoms with Crippen molar-refractivity contribution in [2.45, 2.75) is 0 Å². The third-order valence-electron chi connectivity index (χ3n) is 0. The molecule has 76 valence electrons. The largest absolute Gasteiger partial charge is 0.867 e. The fourth-order valence-electron chi connectivity index (χ4n) is 0. The molecular weight excluding hydrogens is 198 g/mol. The van der Waals surface area contributed by atoms with E-state index >= 15 is 0 Å². The first-order chi connectivity index (χ1) is 5.20. The van der Waals surface area contributed by atoms with Crippen molar-refractivity contribution in [3.05, 3.63) is 0 Å². The van der Waals surface area contributed by atoms with Crippen LogP contribution in [0.2, 0.25) is 0 Å². The summed E-state index contributed by atoms with van der Waals surface area (Å²) in [6, 6.07) is 0. The molecule has 0 fully saturated rings. The van der Waals surface area contributed by atoms with E-state index in [4.69, 9.17) is 10.0 Å². The first-order valence-corrected chi connectivity index (χ1v) is 8.04. The predicted molar refractivity (Wildman–Crippen MR) is 57.1 cm³/mol.